The summed E-state index contributed by atoms with van der Waals surface area (Å²) < 4.78 is 11.6. The summed E-state index contributed by atoms with van der Waals surface area (Å²) >= 11 is 1.34. The molecule has 0 aliphatic carbocycles. The summed E-state index contributed by atoms with van der Waals surface area (Å²) in [6.07, 6.45) is 12.9. The summed E-state index contributed by atoms with van der Waals surface area (Å²) in [5, 5.41) is 2.80. The number of benzene rings is 1. The maximum atomic E-state index is 7.11. The molecule has 4 aromatic heterocycles. The second-order valence-electron chi connectivity index (χ2n) is 15.7. The third-order valence-electron chi connectivity index (χ3n) is 9.82. The van der Waals surface area contributed by atoms with Crippen molar-refractivity contribution in [1.82, 2.24) is 0 Å². The molecule has 1 aromatic carbocycles. The van der Waals surface area contributed by atoms with Gasteiger partial charge in [0.2, 0.25) is 0 Å². The number of rotatable bonds is 16. The van der Waals surface area contributed by atoms with E-state index in [2.05, 4.69) is 105 Å². The van der Waals surface area contributed by atoms with Crippen molar-refractivity contribution >= 4 is 98.5 Å². The second kappa shape index (κ2) is 15.7. The second-order valence-corrected chi connectivity index (χ2v) is 48.8. The molecule has 0 amide bonds. The standard InChI is InChI=1S/C34H40OS3.6CH3.2Sn/c1-5-9-11-23(7-3)21-25-13-15-29(37-25)31-28-18-20-36-34(28)32(27-17-19-35-33(27)31)30-16-14-26(38-30)22-24(8-4)12-10-6-2;;;;;;;;/h13-18,23-24H,5-12,21-22H2,1-4H3;6*1H3;;. The number of fused-ring (bicyclic) bond motifs is 2. The normalized spacial score (nSPS) is 14.1. The average molecular weight is 889 g/mol. The first kappa shape index (κ1) is 37.0. The third kappa shape index (κ3) is 8.35. The van der Waals surface area contributed by atoms with Crippen LogP contribution in [0.1, 0.15) is 88.8 Å². The van der Waals surface area contributed by atoms with Crippen LogP contribution < -0.4 is 6.67 Å². The molecule has 0 saturated carbocycles. The van der Waals surface area contributed by atoms with Crippen LogP contribution >= 0.6 is 34.0 Å². The molecule has 5 aromatic rings. The molecule has 2 unspecified atom stereocenters. The summed E-state index contributed by atoms with van der Waals surface area (Å²) in [6, 6.07) is 14.8. The van der Waals surface area contributed by atoms with Gasteiger partial charge in [-0.2, -0.15) is 0 Å². The zero-order valence-corrected chi connectivity index (χ0v) is 38.5. The van der Waals surface area contributed by atoms with Crippen LogP contribution in [0, 0.1) is 11.8 Å². The van der Waals surface area contributed by atoms with Crippen LogP contribution in [0.3, 0.4) is 0 Å². The Labute approximate surface area is 300 Å². The van der Waals surface area contributed by atoms with Gasteiger partial charge in [0.05, 0.1) is 0 Å². The van der Waals surface area contributed by atoms with Gasteiger partial charge in [0.1, 0.15) is 0 Å². The minimum atomic E-state index is -2.50. The van der Waals surface area contributed by atoms with E-state index in [-0.39, 0.29) is 0 Å². The molecule has 46 heavy (non-hydrogen) atoms. The topological polar surface area (TPSA) is 13.1 Å². The van der Waals surface area contributed by atoms with Gasteiger partial charge in [-0.15, -0.1) is 0 Å². The fourth-order valence-corrected chi connectivity index (χ4v) is 18.4. The van der Waals surface area contributed by atoms with Crippen LogP contribution in [0.2, 0.25) is 29.6 Å². The molecule has 6 heteroatoms. The number of furan rings is 1. The van der Waals surface area contributed by atoms with Gasteiger partial charge in [-0.1, -0.05) is 13.8 Å². The van der Waals surface area contributed by atoms with E-state index in [1.54, 1.807) is 7.77 Å². The van der Waals surface area contributed by atoms with Crippen molar-refractivity contribution in [1.29, 1.82) is 0 Å². The molecule has 0 bridgehead atoms. The van der Waals surface area contributed by atoms with Gasteiger partial charge in [-0.05, 0) is 0 Å². The van der Waals surface area contributed by atoms with Gasteiger partial charge in [0.15, 0.2) is 0 Å². The van der Waals surface area contributed by atoms with Crippen LogP contribution in [0.15, 0.2) is 40.8 Å². The minimum absolute atomic E-state index is 0.782. The molecule has 0 aliphatic heterocycles. The Morgan fingerprint density at radius 1 is 0.630 bits per heavy atom. The molecule has 250 valence electrons. The van der Waals surface area contributed by atoms with Gasteiger partial charge in [0.25, 0.3) is 0 Å². The third-order valence-corrected chi connectivity index (χ3v) is 27.6. The Kier molecular flexibility index (Phi) is 12.6. The molecule has 1 nitrogen and oxygen atoms in total. The van der Waals surface area contributed by atoms with E-state index in [1.165, 1.54) is 109 Å². The first-order valence-corrected chi connectivity index (χ1v) is 40.5. The first-order valence-electron chi connectivity index (χ1n) is 18.1. The summed E-state index contributed by atoms with van der Waals surface area (Å²) in [7, 11) is 0. The van der Waals surface area contributed by atoms with Crippen molar-refractivity contribution in [3.63, 3.8) is 0 Å². The van der Waals surface area contributed by atoms with E-state index in [9.17, 15) is 0 Å². The van der Waals surface area contributed by atoms with Gasteiger partial charge in [-0.3, -0.25) is 0 Å². The van der Waals surface area contributed by atoms with Gasteiger partial charge in [0, 0.05) is 0 Å². The van der Waals surface area contributed by atoms with Crippen molar-refractivity contribution in [2.24, 2.45) is 11.8 Å². The molecule has 0 fully saturated rings. The van der Waals surface area contributed by atoms with Crippen LogP contribution in [-0.4, -0.2) is 36.8 Å². The fraction of sp³-hybridized carbons (Fsp3) is 0.550. The summed E-state index contributed by atoms with van der Waals surface area (Å²) in [5.74, 6) is 1.57. The van der Waals surface area contributed by atoms with Crippen LogP contribution in [0.5, 0.6) is 0 Å². The predicted molar refractivity (Wildman–Crippen MR) is 218 cm³/mol. The van der Waals surface area contributed by atoms with Crippen molar-refractivity contribution < 1.29 is 4.42 Å². The Morgan fingerprint density at radius 3 is 1.65 bits per heavy atom. The van der Waals surface area contributed by atoms with E-state index in [4.69, 9.17) is 4.42 Å². The van der Waals surface area contributed by atoms with E-state index in [0.29, 0.717) is 0 Å². The summed E-state index contributed by atoms with van der Waals surface area (Å²) in [5.41, 5.74) is 3.97. The molecule has 5 rings (SSSR count). The Hall–Kier alpha value is -0.283. The van der Waals surface area contributed by atoms with Gasteiger partial charge in [-0.25, -0.2) is 0 Å². The Balaban J connectivity index is 1.71. The Bertz CT molecular complexity index is 1550. The molecule has 0 saturated heterocycles. The van der Waals surface area contributed by atoms with Gasteiger partial charge < -0.3 is 0 Å². The molecular weight excluding hydrogens is 830 g/mol. The molecule has 0 N–H and O–H groups in total. The van der Waals surface area contributed by atoms with Crippen molar-refractivity contribution in [2.45, 2.75) is 122 Å². The molecule has 0 aliphatic rings. The quantitative estimate of drug-likeness (QED) is 0.0900. The number of hydrogen-bond donors (Lipinski definition) is 0. The molecule has 2 atom stereocenters. The van der Waals surface area contributed by atoms with Crippen LogP contribution in [0.25, 0.3) is 41.9 Å². The SMILES string of the molecule is CCCCC(CC)Cc1ccc(-c2c3c[c]([Sn]([CH3])([CH3])[CH3])sc3c(-c3ccc(CC(CC)CCCC)s3)c3c[c]([Sn]([CH3])([CH3])[CH3])oc23)s1. The van der Waals surface area contributed by atoms with Gasteiger partial charge >= 0.3 is 289 Å². The number of unbranched alkanes of at least 4 members (excludes halogenated alkanes) is 2. The van der Waals surface area contributed by atoms with E-state index in [1.807, 2.05) is 22.7 Å². The van der Waals surface area contributed by atoms with Crippen molar-refractivity contribution in [2.75, 3.05) is 0 Å². The van der Waals surface area contributed by atoms with E-state index in [0.717, 1.165) is 17.4 Å². The van der Waals surface area contributed by atoms with Crippen LogP contribution in [0.4, 0.5) is 0 Å². The van der Waals surface area contributed by atoms with E-state index < -0.39 is 36.8 Å². The Morgan fingerprint density at radius 2 is 1.17 bits per heavy atom. The number of thiophene rings is 3. The van der Waals surface area contributed by atoms with E-state index >= 15 is 0 Å². The maximum absolute atomic E-state index is 7.11. The van der Waals surface area contributed by atoms with Crippen molar-refractivity contribution in [3.8, 4) is 20.9 Å². The molecule has 0 spiro atoms. The number of hydrogen-bond acceptors (Lipinski definition) is 4. The van der Waals surface area contributed by atoms with Crippen LogP contribution in [-0.2, 0) is 12.8 Å². The summed E-state index contributed by atoms with van der Waals surface area (Å²) in [4.78, 5) is 21.1. The summed E-state index contributed by atoms with van der Waals surface area (Å²) in [6.45, 7) is 9.39. The fourth-order valence-electron chi connectivity index (χ4n) is 6.70. The molecule has 4 heterocycles. The molecular formula is C40H58OS3Sn2. The monoisotopic (exact) mass is 890 g/mol. The zero-order valence-electron chi connectivity index (χ0n) is 30.3. The molecule has 0 radical (unpaired) electrons. The van der Waals surface area contributed by atoms with Crippen molar-refractivity contribution in [3.05, 3.63) is 46.2 Å². The predicted octanol–water partition coefficient (Wildman–Crippen LogP) is 13.7. The zero-order chi connectivity index (χ0) is 33.2. The first-order chi connectivity index (χ1) is 21.9. The average Bonchev–Trinajstić information content (AvgIpc) is 3.81.